The normalized spacial score (nSPS) is 11.0. The molecular formula is C17H13N3OS. The first-order valence-corrected chi connectivity index (χ1v) is 7.71. The molecule has 108 valence electrons. The summed E-state index contributed by atoms with van der Waals surface area (Å²) in [6.45, 7) is 0. The number of fused-ring (bicyclic) bond motifs is 1. The minimum Gasteiger partial charge on any atom is -0.497 e. The van der Waals surface area contributed by atoms with Crippen LogP contribution in [-0.4, -0.2) is 21.7 Å². The summed E-state index contributed by atoms with van der Waals surface area (Å²) in [4.78, 5) is 6.36. The molecule has 0 bridgehead atoms. The summed E-state index contributed by atoms with van der Waals surface area (Å²) in [7, 11) is 1.68. The highest BCUT2D eigenvalue weighted by Crippen LogP contribution is 2.39. The monoisotopic (exact) mass is 307 g/mol. The molecule has 0 saturated heterocycles. The van der Waals surface area contributed by atoms with E-state index in [4.69, 9.17) is 4.74 Å². The van der Waals surface area contributed by atoms with Gasteiger partial charge in [-0.2, -0.15) is 5.10 Å². The van der Waals surface area contributed by atoms with Gasteiger partial charge in [0.2, 0.25) is 4.96 Å². The Balaban J connectivity index is 1.99. The van der Waals surface area contributed by atoms with E-state index in [1.807, 2.05) is 40.9 Å². The van der Waals surface area contributed by atoms with Gasteiger partial charge in [-0.15, -0.1) is 0 Å². The molecular weight excluding hydrogens is 294 g/mol. The summed E-state index contributed by atoms with van der Waals surface area (Å²) >= 11 is 1.63. The van der Waals surface area contributed by atoms with E-state index in [9.17, 15) is 0 Å². The van der Waals surface area contributed by atoms with Crippen molar-refractivity contribution in [3.05, 3.63) is 60.9 Å². The molecule has 4 nitrogen and oxygen atoms in total. The van der Waals surface area contributed by atoms with Gasteiger partial charge in [-0.1, -0.05) is 53.8 Å². The Labute approximate surface area is 131 Å². The van der Waals surface area contributed by atoms with Crippen molar-refractivity contribution in [1.82, 2.24) is 14.6 Å². The van der Waals surface area contributed by atoms with Gasteiger partial charge in [0.1, 0.15) is 12.1 Å². The van der Waals surface area contributed by atoms with Crippen LogP contribution in [0.25, 0.3) is 26.7 Å². The van der Waals surface area contributed by atoms with Crippen LogP contribution in [-0.2, 0) is 0 Å². The topological polar surface area (TPSA) is 39.4 Å². The van der Waals surface area contributed by atoms with E-state index < -0.39 is 0 Å². The summed E-state index contributed by atoms with van der Waals surface area (Å²) in [6.07, 6.45) is 1.59. The Hall–Kier alpha value is -2.66. The zero-order valence-corrected chi connectivity index (χ0v) is 12.7. The molecule has 0 spiro atoms. The molecule has 0 unspecified atom stereocenters. The maximum absolute atomic E-state index is 5.34. The fourth-order valence-electron chi connectivity index (χ4n) is 2.50. The second kappa shape index (κ2) is 5.27. The molecule has 0 aliphatic heterocycles. The molecule has 0 atom stereocenters. The molecule has 22 heavy (non-hydrogen) atoms. The van der Waals surface area contributed by atoms with Crippen LogP contribution in [0.3, 0.4) is 0 Å². The Kier molecular flexibility index (Phi) is 3.12. The lowest BCUT2D eigenvalue weighted by Crippen LogP contribution is -1.90. The summed E-state index contributed by atoms with van der Waals surface area (Å²) in [6, 6.07) is 18.3. The first kappa shape index (κ1) is 13.0. The van der Waals surface area contributed by atoms with Crippen molar-refractivity contribution in [2.24, 2.45) is 0 Å². The highest BCUT2D eigenvalue weighted by molar-refractivity contribution is 7.20. The van der Waals surface area contributed by atoms with Crippen molar-refractivity contribution in [1.29, 1.82) is 0 Å². The summed E-state index contributed by atoms with van der Waals surface area (Å²) in [5.41, 5.74) is 3.29. The third-order valence-electron chi connectivity index (χ3n) is 3.52. The average molecular weight is 307 g/mol. The zero-order chi connectivity index (χ0) is 14.9. The van der Waals surface area contributed by atoms with E-state index in [2.05, 4.69) is 28.3 Å². The number of benzene rings is 2. The van der Waals surface area contributed by atoms with Gasteiger partial charge < -0.3 is 4.74 Å². The van der Waals surface area contributed by atoms with Gasteiger partial charge in [-0.25, -0.2) is 9.50 Å². The maximum Gasteiger partial charge on any atom is 0.213 e. The second-order valence-electron chi connectivity index (χ2n) is 4.83. The van der Waals surface area contributed by atoms with E-state index in [1.165, 1.54) is 0 Å². The molecule has 4 rings (SSSR count). The van der Waals surface area contributed by atoms with Crippen molar-refractivity contribution in [2.75, 3.05) is 7.11 Å². The molecule has 0 aliphatic rings. The second-order valence-corrected chi connectivity index (χ2v) is 5.81. The molecule has 0 saturated carbocycles. The molecule has 0 fully saturated rings. The van der Waals surface area contributed by atoms with Gasteiger partial charge in [0.15, 0.2) is 0 Å². The van der Waals surface area contributed by atoms with Crippen LogP contribution in [0.4, 0.5) is 0 Å². The number of aromatic nitrogens is 3. The van der Waals surface area contributed by atoms with Crippen LogP contribution >= 0.6 is 11.3 Å². The van der Waals surface area contributed by atoms with Gasteiger partial charge in [0.25, 0.3) is 0 Å². The highest BCUT2D eigenvalue weighted by atomic mass is 32.1. The lowest BCUT2D eigenvalue weighted by molar-refractivity contribution is 0.415. The van der Waals surface area contributed by atoms with Gasteiger partial charge in [0.05, 0.1) is 17.7 Å². The summed E-state index contributed by atoms with van der Waals surface area (Å²) in [5.74, 6) is 0.843. The van der Waals surface area contributed by atoms with Crippen molar-refractivity contribution in [3.8, 4) is 27.4 Å². The van der Waals surface area contributed by atoms with E-state index in [0.717, 1.165) is 32.4 Å². The van der Waals surface area contributed by atoms with Crippen LogP contribution < -0.4 is 4.74 Å². The number of nitrogens with zero attached hydrogens (tertiary/aromatic N) is 3. The smallest absolute Gasteiger partial charge is 0.213 e. The molecule has 4 aromatic rings. The summed E-state index contributed by atoms with van der Waals surface area (Å²) in [5, 5.41) is 4.37. The first-order valence-electron chi connectivity index (χ1n) is 6.89. The van der Waals surface area contributed by atoms with Gasteiger partial charge >= 0.3 is 0 Å². The van der Waals surface area contributed by atoms with E-state index in [1.54, 1.807) is 24.8 Å². The Bertz CT molecular complexity index is 927. The number of rotatable bonds is 3. The maximum atomic E-state index is 5.34. The largest absolute Gasteiger partial charge is 0.497 e. The quantitative estimate of drug-likeness (QED) is 0.571. The van der Waals surface area contributed by atoms with Crippen LogP contribution in [0.2, 0.25) is 0 Å². The standard InChI is InChI=1S/C17H13N3OS/c1-21-14-9-5-8-13(10-14)16-15(12-6-3-2-4-7-12)20-17(22-16)18-11-19-20/h2-11H,1H3. The Morgan fingerprint density at radius 2 is 1.82 bits per heavy atom. The van der Waals surface area contributed by atoms with Crippen LogP contribution in [0.15, 0.2) is 60.9 Å². The minimum atomic E-state index is 0.843. The Morgan fingerprint density at radius 3 is 2.64 bits per heavy atom. The minimum absolute atomic E-state index is 0.843. The Morgan fingerprint density at radius 1 is 1.00 bits per heavy atom. The third kappa shape index (κ3) is 2.07. The van der Waals surface area contributed by atoms with Crippen LogP contribution in [0.5, 0.6) is 5.75 Å². The lowest BCUT2D eigenvalue weighted by atomic mass is 10.1. The fourth-order valence-corrected chi connectivity index (χ4v) is 3.55. The van der Waals surface area contributed by atoms with Gasteiger partial charge in [0, 0.05) is 5.56 Å². The van der Waals surface area contributed by atoms with E-state index in [-0.39, 0.29) is 0 Å². The van der Waals surface area contributed by atoms with Crippen LogP contribution in [0, 0.1) is 0 Å². The fraction of sp³-hybridized carbons (Fsp3) is 0.0588. The molecule has 2 heterocycles. The third-order valence-corrected chi connectivity index (χ3v) is 4.61. The van der Waals surface area contributed by atoms with Crippen molar-refractivity contribution in [3.63, 3.8) is 0 Å². The van der Waals surface area contributed by atoms with Crippen molar-refractivity contribution in [2.45, 2.75) is 0 Å². The number of methoxy groups -OCH3 is 1. The number of hydrogen-bond donors (Lipinski definition) is 0. The number of hydrogen-bond acceptors (Lipinski definition) is 4. The van der Waals surface area contributed by atoms with Gasteiger partial charge in [-0.3, -0.25) is 0 Å². The number of ether oxygens (including phenoxy) is 1. The predicted molar refractivity (Wildman–Crippen MR) is 88.3 cm³/mol. The molecule has 0 N–H and O–H groups in total. The lowest BCUT2D eigenvalue weighted by Gasteiger charge is -2.06. The van der Waals surface area contributed by atoms with E-state index in [0.29, 0.717) is 0 Å². The van der Waals surface area contributed by atoms with Gasteiger partial charge in [-0.05, 0) is 17.7 Å². The highest BCUT2D eigenvalue weighted by Gasteiger charge is 2.17. The molecule has 0 radical (unpaired) electrons. The average Bonchev–Trinajstić information content (AvgIpc) is 3.16. The molecule has 2 aromatic heterocycles. The van der Waals surface area contributed by atoms with Crippen molar-refractivity contribution >= 4 is 16.3 Å². The van der Waals surface area contributed by atoms with Crippen molar-refractivity contribution < 1.29 is 4.74 Å². The predicted octanol–water partition coefficient (Wildman–Crippen LogP) is 4.13. The zero-order valence-electron chi connectivity index (χ0n) is 11.9. The first-order chi connectivity index (χ1) is 10.9. The van der Waals surface area contributed by atoms with E-state index >= 15 is 0 Å². The molecule has 0 aliphatic carbocycles. The SMILES string of the molecule is COc1cccc(-c2sc3ncnn3c2-c2ccccc2)c1. The molecule has 2 aromatic carbocycles. The summed E-state index contributed by atoms with van der Waals surface area (Å²) < 4.78 is 7.24. The molecule has 5 heteroatoms. The molecule has 0 amide bonds. The number of thiazole rings is 1. The van der Waals surface area contributed by atoms with Crippen LogP contribution in [0.1, 0.15) is 0 Å².